The van der Waals surface area contributed by atoms with E-state index in [0.29, 0.717) is 17.7 Å². The molecule has 4 nitrogen and oxygen atoms in total. The van der Waals surface area contributed by atoms with Crippen LogP contribution in [0.4, 0.5) is 0 Å². The first-order valence-corrected chi connectivity index (χ1v) is 8.56. The zero-order chi connectivity index (χ0) is 14.7. The fourth-order valence-electron chi connectivity index (χ4n) is 3.50. The Morgan fingerprint density at radius 2 is 1.83 bits per heavy atom. The molecule has 2 fully saturated rings. The van der Waals surface area contributed by atoms with Crippen LogP contribution in [-0.4, -0.2) is 49.4 Å². The minimum Gasteiger partial charge on any atom is -0.508 e. The summed E-state index contributed by atoms with van der Waals surface area (Å²) >= 11 is 3.68. The lowest BCUT2D eigenvalue weighted by Gasteiger charge is -2.41. The summed E-state index contributed by atoms with van der Waals surface area (Å²) in [6.45, 7) is 5.90. The van der Waals surface area contributed by atoms with Gasteiger partial charge in [0.2, 0.25) is 0 Å². The third kappa shape index (κ3) is 5.21. The van der Waals surface area contributed by atoms with E-state index >= 15 is 0 Å². The lowest BCUT2D eigenvalue weighted by molar-refractivity contribution is 0.0210. The molecule has 0 saturated carbocycles. The third-order valence-corrected chi connectivity index (χ3v) is 5.28. The average Bonchev–Trinajstić information content (AvgIpc) is 2.53. The average molecular weight is 428 g/mol. The molecule has 0 amide bonds. The van der Waals surface area contributed by atoms with Gasteiger partial charge in [0.1, 0.15) is 5.75 Å². The molecule has 7 heteroatoms. The number of ether oxygens (including phenoxy) is 1. The molecular weight excluding hydrogens is 403 g/mol. The zero-order valence-electron chi connectivity index (χ0n) is 13.0. The monoisotopic (exact) mass is 426 g/mol. The minimum absolute atomic E-state index is 0. The van der Waals surface area contributed by atoms with Crippen molar-refractivity contribution in [2.75, 3.05) is 39.4 Å². The standard InChI is InChI=1S/C16H23BrN2O2.2ClH/c17-15-2-1-13(20)11-14(15)16(12-3-9-21-10-4-12)19-7-5-18-6-8-19;;/h1-2,11-12,16,18,20H,3-10H2;2*1H/t16-;;/m1../s1. The van der Waals surface area contributed by atoms with E-state index in [1.807, 2.05) is 12.1 Å². The second-order valence-electron chi connectivity index (χ2n) is 5.89. The van der Waals surface area contributed by atoms with Gasteiger partial charge in [0.25, 0.3) is 0 Å². The van der Waals surface area contributed by atoms with Crippen LogP contribution in [0, 0.1) is 5.92 Å². The molecule has 1 atom stereocenters. The molecule has 0 bridgehead atoms. The minimum atomic E-state index is 0. The molecule has 2 saturated heterocycles. The summed E-state index contributed by atoms with van der Waals surface area (Å²) in [5.74, 6) is 0.940. The highest BCUT2D eigenvalue weighted by Gasteiger charge is 2.32. The summed E-state index contributed by atoms with van der Waals surface area (Å²) in [6.07, 6.45) is 2.19. The molecule has 1 aromatic rings. The van der Waals surface area contributed by atoms with Crippen LogP contribution in [0.5, 0.6) is 5.75 Å². The first kappa shape index (κ1) is 21.0. The Bertz CT molecular complexity index is 463. The van der Waals surface area contributed by atoms with Crippen LogP contribution in [0.3, 0.4) is 0 Å². The van der Waals surface area contributed by atoms with Crippen molar-refractivity contribution in [2.24, 2.45) is 5.92 Å². The molecule has 2 aliphatic heterocycles. The molecule has 2 aliphatic rings. The van der Waals surface area contributed by atoms with Crippen molar-refractivity contribution < 1.29 is 9.84 Å². The molecule has 0 unspecified atom stereocenters. The van der Waals surface area contributed by atoms with Crippen molar-refractivity contribution in [2.45, 2.75) is 18.9 Å². The highest BCUT2D eigenvalue weighted by Crippen LogP contribution is 2.39. The molecule has 0 aromatic heterocycles. The molecule has 23 heavy (non-hydrogen) atoms. The van der Waals surface area contributed by atoms with Crippen molar-refractivity contribution in [1.29, 1.82) is 0 Å². The topological polar surface area (TPSA) is 44.7 Å². The summed E-state index contributed by atoms with van der Waals surface area (Å²) in [7, 11) is 0. The predicted molar refractivity (Wildman–Crippen MR) is 101 cm³/mol. The Hall–Kier alpha value is -0.0400. The number of phenols is 1. The van der Waals surface area contributed by atoms with Gasteiger partial charge in [-0.05, 0) is 42.5 Å². The Labute approximate surface area is 158 Å². The number of piperazine rings is 1. The summed E-state index contributed by atoms with van der Waals surface area (Å²) in [5, 5.41) is 13.3. The summed E-state index contributed by atoms with van der Waals surface area (Å²) in [6, 6.07) is 5.98. The summed E-state index contributed by atoms with van der Waals surface area (Å²) in [5.41, 5.74) is 1.21. The molecular formula is C16H25BrCl2N2O2. The molecule has 2 heterocycles. The number of nitrogens with zero attached hydrogens (tertiary/aromatic N) is 1. The van der Waals surface area contributed by atoms with E-state index in [2.05, 4.69) is 26.1 Å². The van der Waals surface area contributed by atoms with Crippen molar-refractivity contribution in [3.05, 3.63) is 28.2 Å². The maximum atomic E-state index is 9.91. The van der Waals surface area contributed by atoms with Gasteiger partial charge in [-0.2, -0.15) is 0 Å². The van der Waals surface area contributed by atoms with Crippen LogP contribution >= 0.6 is 40.7 Å². The molecule has 2 N–H and O–H groups in total. The van der Waals surface area contributed by atoms with Crippen molar-refractivity contribution in [3.8, 4) is 5.75 Å². The lowest BCUT2D eigenvalue weighted by Crippen LogP contribution is -2.47. The van der Waals surface area contributed by atoms with Crippen LogP contribution in [-0.2, 0) is 4.74 Å². The second-order valence-corrected chi connectivity index (χ2v) is 6.74. The number of phenolic OH excluding ortho intramolecular Hbond substituents is 1. The van der Waals surface area contributed by atoms with Gasteiger partial charge in [0.15, 0.2) is 0 Å². The Balaban J connectivity index is 0.00000132. The fourth-order valence-corrected chi connectivity index (χ4v) is 3.98. The van der Waals surface area contributed by atoms with Gasteiger partial charge < -0.3 is 15.2 Å². The Kier molecular flexibility index (Phi) is 9.19. The Morgan fingerprint density at radius 3 is 2.48 bits per heavy atom. The normalized spacial score (nSPS) is 21.1. The number of halogens is 3. The number of aromatic hydroxyl groups is 1. The van der Waals surface area contributed by atoms with E-state index < -0.39 is 0 Å². The van der Waals surface area contributed by atoms with E-state index in [1.54, 1.807) is 6.07 Å². The smallest absolute Gasteiger partial charge is 0.115 e. The number of hydrogen-bond acceptors (Lipinski definition) is 4. The van der Waals surface area contributed by atoms with Crippen LogP contribution in [0.15, 0.2) is 22.7 Å². The maximum Gasteiger partial charge on any atom is 0.115 e. The van der Waals surface area contributed by atoms with Gasteiger partial charge in [0.05, 0.1) is 0 Å². The largest absolute Gasteiger partial charge is 0.508 e. The highest BCUT2D eigenvalue weighted by atomic mass is 79.9. The van der Waals surface area contributed by atoms with E-state index in [4.69, 9.17) is 4.74 Å². The maximum absolute atomic E-state index is 9.91. The van der Waals surface area contributed by atoms with Crippen molar-refractivity contribution in [1.82, 2.24) is 10.2 Å². The van der Waals surface area contributed by atoms with Crippen LogP contribution in [0.1, 0.15) is 24.4 Å². The Morgan fingerprint density at radius 1 is 1.17 bits per heavy atom. The number of rotatable bonds is 3. The van der Waals surface area contributed by atoms with Crippen molar-refractivity contribution >= 4 is 40.7 Å². The fraction of sp³-hybridized carbons (Fsp3) is 0.625. The van der Waals surface area contributed by atoms with Gasteiger partial charge in [-0.3, -0.25) is 4.90 Å². The van der Waals surface area contributed by atoms with E-state index in [-0.39, 0.29) is 24.8 Å². The van der Waals surface area contributed by atoms with Crippen LogP contribution in [0.2, 0.25) is 0 Å². The predicted octanol–water partition coefficient (Wildman–Crippen LogP) is 3.37. The first-order chi connectivity index (χ1) is 10.3. The molecule has 132 valence electrons. The van der Waals surface area contributed by atoms with Gasteiger partial charge in [-0.15, -0.1) is 24.8 Å². The summed E-state index contributed by atoms with van der Waals surface area (Å²) < 4.78 is 6.63. The SMILES string of the molecule is Cl.Cl.Oc1ccc(Br)c([C@@H](C2CCOCC2)N2CCNCC2)c1. The third-order valence-electron chi connectivity index (χ3n) is 4.56. The van der Waals surface area contributed by atoms with Crippen LogP contribution in [0.25, 0.3) is 0 Å². The molecule has 3 rings (SSSR count). The van der Waals surface area contributed by atoms with E-state index in [1.165, 1.54) is 5.56 Å². The zero-order valence-corrected chi connectivity index (χ0v) is 16.3. The van der Waals surface area contributed by atoms with Gasteiger partial charge in [0, 0.05) is 49.9 Å². The van der Waals surface area contributed by atoms with Gasteiger partial charge in [-0.1, -0.05) is 15.9 Å². The number of benzene rings is 1. The van der Waals surface area contributed by atoms with E-state index in [9.17, 15) is 5.11 Å². The molecule has 0 spiro atoms. The summed E-state index contributed by atoms with van der Waals surface area (Å²) in [4.78, 5) is 2.56. The quantitative estimate of drug-likeness (QED) is 0.776. The molecule has 1 aromatic carbocycles. The number of nitrogens with one attached hydrogen (secondary N) is 1. The van der Waals surface area contributed by atoms with E-state index in [0.717, 1.165) is 56.7 Å². The first-order valence-electron chi connectivity index (χ1n) is 7.76. The van der Waals surface area contributed by atoms with Crippen LogP contribution < -0.4 is 5.32 Å². The molecule has 0 radical (unpaired) electrons. The van der Waals surface area contributed by atoms with Gasteiger partial charge >= 0.3 is 0 Å². The second kappa shape index (κ2) is 10.1. The van der Waals surface area contributed by atoms with Gasteiger partial charge in [-0.25, -0.2) is 0 Å². The van der Waals surface area contributed by atoms with Crippen molar-refractivity contribution in [3.63, 3.8) is 0 Å². The highest BCUT2D eigenvalue weighted by molar-refractivity contribution is 9.10. The lowest BCUT2D eigenvalue weighted by atomic mass is 9.85. The molecule has 0 aliphatic carbocycles. The number of hydrogen-bond donors (Lipinski definition) is 2.